The maximum absolute atomic E-state index is 12.2. The predicted molar refractivity (Wildman–Crippen MR) is 149 cm³/mol. The molecule has 1 amide bonds. The molecule has 8 heteroatoms. The second-order valence-electron chi connectivity index (χ2n) is 10.4. The Morgan fingerprint density at radius 1 is 1.16 bits per heavy atom. The van der Waals surface area contributed by atoms with Crippen LogP contribution in [0.4, 0.5) is 5.82 Å². The number of carbonyl (C=O) groups is 1. The summed E-state index contributed by atoms with van der Waals surface area (Å²) in [6.45, 7) is 4.11. The van der Waals surface area contributed by atoms with Crippen LogP contribution < -0.4 is 5.73 Å². The number of hydrogen-bond acceptors (Lipinski definition) is 6. The van der Waals surface area contributed by atoms with Gasteiger partial charge in [-0.15, -0.1) is 0 Å². The summed E-state index contributed by atoms with van der Waals surface area (Å²) in [6, 6.07) is 18.4. The molecule has 8 nitrogen and oxygen atoms in total. The smallest absolute Gasteiger partial charge is 0.253 e. The van der Waals surface area contributed by atoms with Gasteiger partial charge in [0.15, 0.2) is 5.69 Å². The molecule has 3 aromatic heterocycles. The number of piperidine rings is 1. The maximum atomic E-state index is 12.2. The second kappa shape index (κ2) is 10.3. The number of aryl methyl sites for hydroxylation is 1. The summed E-state index contributed by atoms with van der Waals surface area (Å²) in [5, 5.41) is 10.6. The Bertz CT molecular complexity index is 1530. The number of nitrogens with two attached hydrogens (primary N) is 1. The molecule has 0 saturated carbocycles. The zero-order valence-corrected chi connectivity index (χ0v) is 22.3. The van der Waals surface area contributed by atoms with Crippen molar-refractivity contribution in [2.24, 2.45) is 7.05 Å². The van der Waals surface area contributed by atoms with Gasteiger partial charge in [0.25, 0.3) is 5.91 Å². The number of amides is 1. The van der Waals surface area contributed by atoms with Crippen LogP contribution in [0.3, 0.4) is 0 Å². The molecule has 1 saturated heterocycles. The minimum atomic E-state index is 0.0313. The fourth-order valence-corrected chi connectivity index (χ4v) is 5.56. The standard InChI is InChI=1S/C30H33N7O/c1-19-15-22(20-5-7-21(8-6-20)30(38)35(2)3)12-14-37(19)18-23-16-26-24(11-13-33-29(26)36(23)4)25-9-10-28(32)34-27(25)17-31/h5-11,13,16,19,22H,12,14-15,18H2,1-4H3,(H2,32,34)/t19-,22-/m1/s1. The molecule has 0 aliphatic carbocycles. The quantitative estimate of drug-likeness (QED) is 0.425. The van der Waals surface area contributed by atoms with Crippen LogP contribution in [0.5, 0.6) is 0 Å². The van der Waals surface area contributed by atoms with Crippen molar-refractivity contribution in [3.63, 3.8) is 0 Å². The molecule has 0 unspecified atom stereocenters. The summed E-state index contributed by atoms with van der Waals surface area (Å²) in [5.74, 6) is 0.844. The van der Waals surface area contributed by atoms with Gasteiger partial charge < -0.3 is 15.2 Å². The first-order valence-electron chi connectivity index (χ1n) is 12.9. The lowest BCUT2D eigenvalue weighted by atomic mass is 9.85. The normalized spacial score (nSPS) is 17.9. The highest BCUT2D eigenvalue weighted by molar-refractivity contribution is 5.95. The molecule has 5 rings (SSSR count). The molecule has 2 atom stereocenters. The topological polar surface area (TPSA) is 104 Å². The first-order chi connectivity index (χ1) is 18.3. The highest BCUT2D eigenvalue weighted by Gasteiger charge is 2.27. The Morgan fingerprint density at radius 3 is 2.61 bits per heavy atom. The van der Waals surface area contributed by atoms with Crippen molar-refractivity contribution in [1.29, 1.82) is 5.26 Å². The van der Waals surface area contributed by atoms with Crippen molar-refractivity contribution in [3.8, 4) is 17.2 Å². The van der Waals surface area contributed by atoms with Gasteiger partial charge in [0.1, 0.15) is 17.5 Å². The number of nitrogens with zero attached hydrogens (tertiary/aromatic N) is 6. The monoisotopic (exact) mass is 507 g/mol. The number of pyridine rings is 2. The second-order valence-corrected chi connectivity index (χ2v) is 10.4. The van der Waals surface area contributed by atoms with E-state index in [1.165, 1.54) is 11.3 Å². The maximum Gasteiger partial charge on any atom is 0.253 e. The van der Waals surface area contributed by atoms with E-state index in [4.69, 9.17) is 5.73 Å². The minimum absolute atomic E-state index is 0.0313. The highest BCUT2D eigenvalue weighted by atomic mass is 16.2. The molecule has 0 radical (unpaired) electrons. The largest absolute Gasteiger partial charge is 0.384 e. The molecule has 1 aliphatic rings. The fourth-order valence-electron chi connectivity index (χ4n) is 5.56. The van der Waals surface area contributed by atoms with E-state index in [0.29, 0.717) is 23.5 Å². The molecule has 194 valence electrons. The van der Waals surface area contributed by atoms with Gasteiger partial charge in [0.2, 0.25) is 0 Å². The molecule has 1 fully saturated rings. The molecule has 4 aromatic rings. The van der Waals surface area contributed by atoms with E-state index in [-0.39, 0.29) is 5.91 Å². The summed E-state index contributed by atoms with van der Waals surface area (Å²) < 4.78 is 2.15. The van der Waals surface area contributed by atoms with Crippen LogP contribution in [0.15, 0.2) is 54.7 Å². The average molecular weight is 508 g/mol. The number of anilines is 1. The number of carbonyl (C=O) groups excluding carboxylic acids is 1. The molecule has 2 N–H and O–H groups in total. The van der Waals surface area contributed by atoms with Crippen LogP contribution >= 0.6 is 0 Å². The van der Waals surface area contributed by atoms with Crippen LogP contribution in [0.25, 0.3) is 22.2 Å². The summed E-state index contributed by atoms with van der Waals surface area (Å²) in [7, 11) is 5.60. The van der Waals surface area contributed by atoms with E-state index >= 15 is 0 Å². The highest BCUT2D eigenvalue weighted by Crippen LogP contribution is 2.35. The summed E-state index contributed by atoms with van der Waals surface area (Å²) >= 11 is 0. The Kier molecular flexibility index (Phi) is 6.87. The van der Waals surface area contributed by atoms with Gasteiger partial charge in [-0.3, -0.25) is 9.69 Å². The first-order valence-corrected chi connectivity index (χ1v) is 12.9. The lowest BCUT2D eigenvalue weighted by molar-refractivity contribution is 0.0827. The Labute approximate surface area is 223 Å². The van der Waals surface area contributed by atoms with Gasteiger partial charge in [-0.25, -0.2) is 9.97 Å². The lowest BCUT2D eigenvalue weighted by Gasteiger charge is -2.38. The fraction of sp³-hybridized carbons (Fsp3) is 0.333. The predicted octanol–water partition coefficient (Wildman–Crippen LogP) is 4.56. The molecule has 1 aliphatic heterocycles. The molecular weight excluding hydrogens is 474 g/mol. The third-order valence-electron chi connectivity index (χ3n) is 7.76. The number of nitriles is 1. The van der Waals surface area contributed by atoms with Crippen molar-refractivity contribution in [2.45, 2.75) is 38.3 Å². The number of rotatable bonds is 5. The third-order valence-corrected chi connectivity index (χ3v) is 7.76. The van der Waals surface area contributed by atoms with Gasteiger partial charge in [0, 0.05) is 62.1 Å². The Morgan fingerprint density at radius 2 is 1.92 bits per heavy atom. The summed E-state index contributed by atoms with van der Waals surface area (Å²) in [6.07, 6.45) is 3.92. The van der Waals surface area contributed by atoms with E-state index in [0.717, 1.165) is 53.7 Å². The van der Waals surface area contributed by atoms with E-state index in [1.807, 2.05) is 24.3 Å². The molecule has 38 heavy (non-hydrogen) atoms. The molecule has 0 bridgehead atoms. The number of aromatic nitrogens is 3. The van der Waals surface area contributed by atoms with Crippen molar-refractivity contribution < 1.29 is 4.79 Å². The van der Waals surface area contributed by atoms with Crippen LogP contribution in [0.2, 0.25) is 0 Å². The first kappa shape index (κ1) is 25.4. The number of nitrogen functional groups attached to an aromatic ring is 1. The van der Waals surface area contributed by atoms with E-state index in [2.05, 4.69) is 57.7 Å². The van der Waals surface area contributed by atoms with Gasteiger partial charge in [-0.1, -0.05) is 12.1 Å². The van der Waals surface area contributed by atoms with Gasteiger partial charge in [-0.05, 0) is 79.8 Å². The summed E-state index contributed by atoms with van der Waals surface area (Å²) in [4.78, 5) is 25.2. The Hall–Kier alpha value is -4.22. The van der Waals surface area contributed by atoms with Crippen molar-refractivity contribution in [1.82, 2.24) is 24.3 Å². The number of hydrogen-bond donors (Lipinski definition) is 1. The van der Waals surface area contributed by atoms with Crippen molar-refractivity contribution >= 4 is 22.8 Å². The van der Waals surface area contributed by atoms with Gasteiger partial charge >= 0.3 is 0 Å². The van der Waals surface area contributed by atoms with Crippen LogP contribution in [-0.4, -0.2) is 56.9 Å². The molecule has 4 heterocycles. The zero-order chi connectivity index (χ0) is 27.0. The lowest BCUT2D eigenvalue weighted by Crippen LogP contribution is -2.39. The van der Waals surface area contributed by atoms with Gasteiger partial charge in [-0.2, -0.15) is 5.26 Å². The van der Waals surface area contributed by atoms with E-state index in [9.17, 15) is 10.1 Å². The zero-order valence-electron chi connectivity index (χ0n) is 22.3. The van der Waals surface area contributed by atoms with Crippen LogP contribution in [0.1, 0.15) is 53.0 Å². The molecular formula is C30H33N7O. The minimum Gasteiger partial charge on any atom is -0.384 e. The SMILES string of the molecule is C[C@@H]1C[C@H](c2ccc(C(=O)N(C)C)cc2)CCN1Cc1cc2c(-c3ccc(N)nc3C#N)ccnc2n1C. The average Bonchev–Trinajstić information content (AvgIpc) is 3.24. The van der Waals surface area contributed by atoms with Gasteiger partial charge in [0.05, 0.1) is 0 Å². The Balaban J connectivity index is 1.35. The van der Waals surface area contributed by atoms with E-state index < -0.39 is 0 Å². The van der Waals surface area contributed by atoms with Crippen LogP contribution in [0, 0.1) is 11.3 Å². The number of benzene rings is 1. The number of fused-ring (bicyclic) bond motifs is 1. The number of likely N-dealkylation sites (tertiary alicyclic amines) is 1. The third kappa shape index (κ3) is 4.73. The van der Waals surface area contributed by atoms with Crippen molar-refractivity contribution in [2.75, 3.05) is 26.4 Å². The molecule has 1 aromatic carbocycles. The van der Waals surface area contributed by atoms with Crippen LogP contribution in [-0.2, 0) is 13.6 Å². The summed E-state index contributed by atoms with van der Waals surface area (Å²) in [5.41, 5.74) is 11.9. The van der Waals surface area contributed by atoms with E-state index in [1.54, 1.807) is 31.3 Å². The molecule has 0 spiro atoms. The van der Waals surface area contributed by atoms with Crippen molar-refractivity contribution in [3.05, 3.63) is 77.2 Å².